The molecule has 1 aromatic carbocycles. The summed E-state index contributed by atoms with van der Waals surface area (Å²) in [6.07, 6.45) is 1.70. The highest BCUT2D eigenvalue weighted by molar-refractivity contribution is 6.30. The molecule has 0 spiro atoms. The van der Waals surface area contributed by atoms with Crippen LogP contribution in [0.25, 0.3) is 0 Å². The Morgan fingerprint density at radius 1 is 1.47 bits per heavy atom. The average Bonchev–Trinajstić information content (AvgIpc) is 2.80. The van der Waals surface area contributed by atoms with E-state index in [0.717, 1.165) is 23.4 Å². The third kappa shape index (κ3) is 2.60. The first-order valence-electron chi connectivity index (χ1n) is 6.19. The Bertz CT molecular complexity index is 559. The third-order valence-corrected chi connectivity index (χ3v) is 3.46. The largest absolute Gasteiger partial charge is 0.493 e. The molecule has 0 saturated heterocycles. The number of hydrogen-bond acceptors (Lipinski definition) is 3. The van der Waals surface area contributed by atoms with Crippen LogP contribution >= 0.6 is 11.6 Å². The van der Waals surface area contributed by atoms with E-state index in [-0.39, 0.29) is 6.04 Å². The maximum atomic E-state index is 6.38. The normalized spacial score (nSPS) is 12.5. The minimum absolute atomic E-state index is 0.283. The predicted molar refractivity (Wildman–Crippen MR) is 76.7 cm³/mol. The van der Waals surface area contributed by atoms with Gasteiger partial charge >= 0.3 is 0 Å². The number of halogens is 1. The van der Waals surface area contributed by atoms with Crippen LogP contribution in [0.4, 0.5) is 0 Å². The van der Waals surface area contributed by atoms with E-state index < -0.39 is 0 Å². The van der Waals surface area contributed by atoms with Gasteiger partial charge in [0.1, 0.15) is 5.69 Å². The molecular formula is C14H18ClN3O. The maximum absolute atomic E-state index is 6.38. The molecule has 1 unspecified atom stereocenters. The molecule has 1 aromatic heterocycles. The van der Waals surface area contributed by atoms with E-state index in [4.69, 9.17) is 22.1 Å². The van der Waals surface area contributed by atoms with Crippen LogP contribution in [0.3, 0.4) is 0 Å². The zero-order valence-electron chi connectivity index (χ0n) is 11.4. The van der Waals surface area contributed by atoms with Crippen LogP contribution in [-0.4, -0.2) is 16.9 Å². The van der Waals surface area contributed by atoms with Gasteiger partial charge in [-0.25, -0.2) is 0 Å². The highest BCUT2D eigenvalue weighted by atomic mass is 35.5. The number of nitrogens with zero attached hydrogens (tertiary/aromatic N) is 2. The molecule has 0 saturated carbocycles. The Morgan fingerprint density at radius 3 is 2.79 bits per heavy atom. The van der Waals surface area contributed by atoms with Gasteiger partial charge in [0.2, 0.25) is 0 Å². The lowest BCUT2D eigenvalue weighted by Crippen LogP contribution is -2.19. The molecule has 102 valence electrons. The molecule has 2 aromatic rings. The fraction of sp³-hybridized carbons (Fsp3) is 0.357. The smallest absolute Gasteiger partial charge is 0.161 e. The van der Waals surface area contributed by atoms with Crippen LogP contribution in [0.5, 0.6) is 5.75 Å². The number of nitrogens with two attached hydrogens (primary N) is 1. The van der Waals surface area contributed by atoms with Crippen molar-refractivity contribution in [3.63, 3.8) is 0 Å². The maximum Gasteiger partial charge on any atom is 0.161 e. The summed E-state index contributed by atoms with van der Waals surface area (Å²) in [6.45, 7) is 4.77. The van der Waals surface area contributed by atoms with Gasteiger partial charge in [-0.3, -0.25) is 4.68 Å². The van der Waals surface area contributed by atoms with Gasteiger partial charge in [-0.1, -0.05) is 17.7 Å². The van der Waals surface area contributed by atoms with Crippen molar-refractivity contribution in [3.8, 4) is 5.75 Å². The first kappa shape index (κ1) is 13.9. The van der Waals surface area contributed by atoms with E-state index in [1.807, 2.05) is 36.7 Å². The Labute approximate surface area is 118 Å². The zero-order chi connectivity index (χ0) is 14.0. The van der Waals surface area contributed by atoms with Gasteiger partial charge in [-0.2, -0.15) is 5.10 Å². The van der Waals surface area contributed by atoms with Crippen molar-refractivity contribution in [1.29, 1.82) is 0 Å². The molecule has 0 bridgehead atoms. The summed E-state index contributed by atoms with van der Waals surface area (Å²) in [7, 11) is 1.63. The van der Waals surface area contributed by atoms with Crippen LogP contribution in [0, 0.1) is 6.92 Å². The van der Waals surface area contributed by atoms with Gasteiger partial charge in [0, 0.05) is 11.6 Å². The second-order valence-corrected chi connectivity index (χ2v) is 4.83. The van der Waals surface area contributed by atoms with Gasteiger partial charge in [-0.15, -0.1) is 0 Å². The van der Waals surface area contributed by atoms with Crippen molar-refractivity contribution >= 4 is 11.6 Å². The van der Waals surface area contributed by atoms with E-state index in [0.29, 0.717) is 10.8 Å². The van der Waals surface area contributed by atoms with Crippen LogP contribution in [0.2, 0.25) is 5.02 Å². The summed E-state index contributed by atoms with van der Waals surface area (Å²) >= 11 is 5.98. The van der Waals surface area contributed by atoms with Crippen LogP contribution < -0.4 is 10.5 Å². The van der Waals surface area contributed by atoms with Crippen molar-refractivity contribution in [3.05, 3.63) is 46.2 Å². The minimum atomic E-state index is -0.283. The predicted octanol–water partition coefficient (Wildman–Crippen LogP) is 2.92. The number of ether oxygens (including phenoxy) is 1. The van der Waals surface area contributed by atoms with Gasteiger partial charge in [0.05, 0.1) is 19.3 Å². The van der Waals surface area contributed by atoms with E-state index >= 15 is 0 Å². The number of methoxy groups -OCH3 is 1. The fourth-order valence-electron chi connectivity index (χ4n) is 2.24. The Hall–Kier alpha value is -1.52. The van der Waals surface area contributed by atoms with E-state index in [9.17, 15) is 0 Å². The summed E-state index contributed by atoms with van der Waals surface area (Å²) in [5, 5.41) is 5.00. The average molecular weight is 280 g/mol. The second-order valence-electron chi connectivity index (χ2n) is 4.39. The zero-order valence-corrected chi connectivity index (χ0v) is 12.1. The topological polar surface area (TPSA) is 53.1 Å². The molecule has 0 aliphatic heterocycles. The summed E-state index contributed by atoms with van der Waals surface area (Å²) in [6, 6.07) is 5.43. The molecule has 1 atom stereocenters. The lowest BCUT2D eigenvalue weighted by molar-refractivity contribution is 0.404. The SMILES string of the molecule is CCn1ncc(OC)c1C(N)c1ccc(Cl)cc1C. The number of benzene rings is 1. The molecule has 0 fully saturated rings. The van der Waals surface area contributed by atoms with Gasteiger partial charge in [0.25, 0.3) is 0 Å². The quantitative estimate of drug-likeness (QED) is 0.936. The van der Waals surface area contributed by atoms with Crippen molar-refractivity contribution in [2.75, 3.05) is 7.11 Å². The molecule has 0 aliphatic rings. The van der Waals surface area contributed by atoms with Crippen molar-refractivity contribution in [2.45, 2.75) is 26.4 Å². The van der Waals surface area contributed by atoms with Gasteiger partial charge in [-0.05, 0) is 37.1 Å². The molecule has 19 heavy (non-hydrogen) atoms. The second kappa shape index (κ2) is 5.63. The Balaban J connectivity index is 2.48. The summed E-state index contributed by atoms with van der Waals surface area (Å²) < 4.78 is 7.20. The lowest BCUT2D eigenvalue weighted by atomic mass is 9.99. The molecule has 5 heteroatoms. The summed E-state index contributed by atoms with van der Waals surface area (Å²) in [4.78, 5) is 0. The van der Waals surface area contributed by atoms with Crippen molar-refractivity contribution in [1.82, 2.24) is 9.78 Å². The first-order chi connectivity index (χ1) is 9.08. The van der Waals surface area contributed by atoms with Crippen LogP contribution in [0.15, 0.2) is 24.4 Å². The number of aromatic nitrogens is 2. The highest BCUT2D eigenvalue weighted by Gasteiger charge is 2.21. The number of hydrogen-bond donors (Lipinski definition) is 1. The minimum Gasteiger partial charge on any atom is -0.493 e. The molecule has 2 rings (SSSR count). The lowest BCUT2D eigenvalue weighted by Gasteiger charge is -2.17. The first-order valence-corrected chi connectivity index (χ1v) is 6.57. The highest BCUT2D eigenvalue weighted by Crippen LogP contribution is 2.30. The molecule has 4 nitrogen and oxygen atoms in total. The monoisotopic (exact) mass is 279 g/mol. The van der Waals surface area contributed by atoms with Crippen molar-refractivity contribution in [2.24, 2.45) is 5.73 Å². The Morgan fingerprint density at radius 2 is 2.21 bits per heavy atom. The molecular weight excluding hydrogens is 262 g/mol. The number of rotatable bonds is 4. The van der Waals surface area contributed by atoms with E-state index in [2.05, 4.69) is 5.10 Å². The third-order valence-electron chi connectivity index (χ3n) is 3.23. The van der Waals surface area contributed by atoms with Gasteiger partial charge < -0.3 is 10.5 Å². The number of aryl methyl sites for hydroxylation is 2. The van der Waals surface area contributed by atoms with Crippen molar-refractivity contribution < 1.29 is 4.74 Å². The molecule has 1 heterocycles. The van der Waals surface area contributed by atoms with E-state index in [1.165, 1.54) is 0 Å². The van der Waals surface area contributed by atoms with Crippen LogP contribution in [-0.2, 0) is 6.54 Å². The summed E-state index contributed by atoms with van der Waals surface area (Å²) in [5.74, 6) is 0.712. The van der Waals surface area contributed by atoms with Crippen LogP contribution in [0.1, 0.15) is 29.8 Å². The fourth-order valence-corrected chi connectivity index (χ4v) is 2.46. The standard InChI is InChI=1S/C14H18ClN3O/c1-4-18-14(12(19-3)8-17-18)13(16)11-6-5-10(15)7-9(11)2/h5-8,13H,4,16H2,1-3H3. The molecule has 0 aliphatic carbocycles. The summed E-state index contributed by atoms with van der Waals surface area (Å²) in [5.41, 5.74) is 9.35. The van der Waals surface area contributed by atoms with Gasteiger partial charge in [0.15, 0.2) is 5.75 Å². The molecule has 2 N–H and O–H groups in total. The molecule has 0 amide bonds. The molecule has 0 radical (unpaired) electrons. The Kier molecular flexibility index (Phi) is 4.12. The van der Waals surface area contributed by atoms with E-state index in [1.54, 1.807) is 13.3 Å².